The van der Waals surface area contributed by atoms with Gasteiger partial charge in [0.25, 0.3) is 0 Å². The van der Waals surface area contributed by atoms with Crippen LogP contribution < -0.4 is 0 Å². The van der Waals surface area contributed by atoms with Gasteiger partial charge in [-0.2, -0.15) is 0 Å². The average molecular weight is 297 g/mol. The number of hydrogen-bond acceptors (Lipinski definition) is 2. The Morgan fingerprint density at radius 1 is 1.06 bits per heavy atom. The second-order valence-electron chi connectivity index (χ2n) is 2.68. The smallest absolute Gasteiger partial charge is 0.303 e. The van der Waals surface area contributed by atoms with Gasteiger partial charge in [-0.3, -0.25) is 9.59 Å². The molecule has 0 heterocycles. The molecule has 0 aromatic heterocycles. The Bertz CT molecular complexity index is 309. The number of Topliss-reactive ketones (excluding diaryl/α,β-unsaturated/α-hetero) is 1. The van der Waals surface area contributed by atoms with E-state index >= 15 is 0 Å². The van der Waals surface area contributed by atoms with Crippen molar-refractivity contribution in [1.82, 2.24) is 0 Å². The number of benzene rings is 1. The van der Waals surface area contributed by atoms with Crippen LogP contribution in [0, 0.1) is 0 Å². The number of carbonyl (C=O) groups excluding carboxylic acids is 1. The maximum atomic E-state index is 11.3. The van der Waals surface area contributed by atoms with Gasteiger partial charge in [0.15, 0.2) is 5.78 Å². The second-order valence-corrected chi connectivity index (χ2v) is 2.68. The van der Waals surface area contributed by atoms with Gasteiger partial charge in [0.1, 0.15) is 0 Å². The van der Waals surface area contributed by atoms with Crippen molar-refractivity contribution in [2.45, 2.75) is 26.7 Å². The van der Waals surface area contributed by atoms with Gasteiger partial charge >= 0.3 is 5.97 Å². The number of carboxylic acids is 1. The van der Waals surface area contributed by atoms with E-state index < -0.39 is 5.97 Å². The van der Waals surface area contributed by atoms with E-state index in [0.29, 0.717) is 5.56 Å². The fourth-order valence-electron chi connectivity index (χ4n) is 0.989. The second kappa shape index (κ2) is 11.0. The third-order valence-corrected chi connectivity index (χ3v) is 1.66. The van der Waals surface area contributed by atoms with Crippen molar-refractivity contribution in [2.75, 3.05) is 0 Å². The normalized spacial score (nSPS) is 8.12. The molecule has 1 aromatic carbocycles. The van der Waals surface area contributed by atoms with Gasteiger partial charge in [-0.25, -0.2) is 0 Å². The summed E-state index contributed by atoms with van der Waals surface area (Å²) in [5.41, 5.74) is 0.573. The number of carboxylic acid groups (broad SMARTS) is 1. The molecule has 4 heteroatoms. The van der Waals surface area contributed by atoms with Crippen LogP contribution in [0.3, 0.4) is 0 Å². The Hall–Kier alpha value is -0.536. The van der Waals surface area contributed by atoms with Crippen LogP contribution in [0.1, 0.15) is 37.0 Å². The summed E-state index contributed by atoms with van der Waals surface area (Å²) >= 11 is 0. The van der Waals surface area contributed by atoms with Crippen molar-refractivity contribution in [3.8, 4) is 0 Å². The molecule has 0 amide bonds. The van der Waals surface area contributed by atoms with Gasteiger partial charge in [-0.05, 0) is 0 Å². The molecule has 0 atom stereocenters. The van der Waals surface area contributed by atoms with Crippen molar-refractivity contribution in [2.24, 2.45) is 0 Å². The molecule has 0 aliphatic rings. The molecule has 0 unspecified atom stereocenters. The van der Waals surface area contributed by atoms with Crippen LogP contribution in [0.2, 0.25) is 0 Å². The van der Waals surface area contributed by atoms with Crippen molar-refractivity contribution >= 4 is 11.8 Å². The van der Waals surface area contributed by atoms with Crippen LogP contribution in [-0.4, -0.2) is 16.9 Å². The molecule has 1 N–H and O–H groups in total. The molecule has 1 aromatic rings. The summed E-state index contributed by atoms with van der Waals surface area (Å²) in [6.45, 7) is 4.00. The van der Waals surface area contributed by atoms with E-state index in [2.05, 4.69) is 0 Å². The summed E-state index contributed by atoms with van der Waals surface area (Å²) in [4.78, 5) is 21.5. The average Bonchev–Trinajstić information content (AvgIpc) is 2.30. The first-order valence-corrected chi connectivity index (χ1v) is 5.00. The first-order chi connectivity index (χ1) is 7.20. The molecule has 16 heavy (non-hydrogen) atoms. The Kier molecular flexibility index (Phi) is 12.2. The topological polar surface area (TPSA) is 54.4 Å². The largest absolute Gasteiger partial charge is 0.481 e. The van der Waals surface area contributed by atoms with E-state index in [9.17, 15) is 9.59 Å². The maximum Gasteiger partial charge on any atom is 0.303 e. The molecule has 0 saturated heterocycles. The van der Waals surface area contributed by atoms with Crippen LogP contribution >= 0.6 is 0 Å². The Morgan fingerprint density at radius 3 is 2.00 bits per heavy atom. The van der Waals surface area contributed by atoms with Crippen LogP contribution in [0.25, 0.3) is 0 Å². The van der Waals surface area contributed by atoms with Gasteiger partial charge in [0.05, 0.1) is 6.42 Å². The van der Waals surface area contributed by atoms with Gasteiger partial charge in [-0.15, -0.1) is 0 Å². The van der Waals surface area contributed by atoms with Crippen molar-refractivity contribution in [1.29, 1.82) is 0 Å². The van der Waals surface area contributed by atoms with E-state index in [1.807, 2.05) is 19.9 Å². The number of carbonyl (C=O) groups is 2. The predicted molar refractivity (Wildman–Crippen MR) is 59.0 cm³/mol. The summed E-state index contributed by atoms with van der Waals surface area (Å²) in [6.07, 6.45) is -0.0346. The van der Waals surface area contributed by atoms with Crippen molar-refractivity contribution in [3.05, 3.63) is 35.9 Å². The monoisotopic (exact) mass is 297 g/mol. The standard InChI is InChI=1S/C10H10O3.C2H6.Y/c11-9(6-7-10(12)13)8-4-2-1-3-5-8;1-2;/h1-5H,6-7H2,(H,12,13);1-2H3;. The van der Waals surface area contributed by atoms with Crippen molar-refractivity contribution in [3.63, 3.8) is 0 Å². The molecule has 0 bridgehead atoms. The molecule has 3 nitrogen and oxygen atoms in total. The summed E-state index contributed by atoms with van der Waals surface area (Å²) < 4.78 is 0. The van der Waals surface area contributed by atoms with Crippen molar-refractivity contribution < 1.29 is 47.4 Å². The molecule has 0 fully saturated rings. The van der Waals surface area contributed by atoms with E-state index in [4.69, 9.17) is 5.11 Å². The Balaban J connectivity index is 0. The molecular formula is C12H16O3Y. The molecule has 0 spiro atoms. The summed E-state index contributed by atoms with van der Waals surface area (Å²) in [6, 6.07) is 8.70. The van der Waals surface area contributed by atoms with E-state index in [0.717, 1.165) is 0 Å². The third-order valence-electron chi connectivity index (χ3n) is 1.66. The SMILES string of the molecule is CC.O=C(O)CCC(=O)c1ccccc1.[Y]. The van der Waals surface area contributed by atoms with Gasteiger partial charge in [0.2, 0.25) is 0 Å². The minimum atomic E-state index is -0.940. The quantitative estimate of drug-likeness (QED) is 0.869. The van der Waals surface area contributed by atoms with Gasteiger partial charge < -0.3 is 5.11 Å². The number of rotatable bonds is 4. The molecule has 0 aliphatic carbocycles. The zero-order valence-electron chi connectivity index (χ0n) is 9.64. The van der Waals surface area contributed by atoms with Crippen LogP contribution in [0.15, 0.2) is 30.3 Å². The van der Waals surface area contributed by atoms with Crippen LogP contribution in [0.5, 0.6) is 0 Å². The Morgan fingerprint density at radius 2 is 1.56 bits per heavy atom. The zero-order chi connectivity index (χ0) is 11.7. The predicted octanol–water partition coefficient (Wildman–Crippen LogP) is 2.76. The van der Waals surface area contributed by atoms with Crippen LogP contribution in [-0.2, 0) is 37.5 Å². The molecular weight excluding hydrogens is 281 g/mol. The fourth-order valence-corrected chi connectivity index (χ4v) is 0.989. The summed E-state index contributed by atoms with van der Waals surface area (Å²) in [5, 5.41) is 8.36. The van der Waals surface area contributed by atoms with Gasteiger partial charge in [-0.1, -0.05) is 44.2 Å². The molecule has 85 valence electrons. The fraction of sp³-hybridized carbons (Fsp3) is 0.333. The maximum absolute atomic E-state index is 11.3. The zero-order valence-corrected chi connectivity index (χ0v) is 12.5. The molecule has 0 aliphatic heterocycles. The van der Waals surface area contributed by atoms with E-state index in [1.54, 1.807) is 24.3 Å². The summed E-state index contributed by atoms with van der Waals surface area (Å²) in [5.74, 6) is -1.06. The first kappa shape index (κ1) is 17.8. The van der Waals surface area contributed by atoms with E-state index in [-0.39, 0.29) is 51.3 Å². The summed E-state index contributed by atoms with van der Waals surface area (Å²) in [7, 11) is 0. The number of hydrogen-bond donors (Lipinski definition) is 1. The number of ketones is 1. The Labute approximate surface area is 121 Å². The van der Waals surface area contributed by atoms with E-state index in [1.165, 1.54) is 0 Å². The molecule has 1 rings (SSSR count). The molecule has 1 radical (unpaired) electrons. The minimum Gasteiger partial charge on any atom is -0.481 e. The van der Waals surface area contributed by atoms with Gasteiger partial charge in [0, 0.05) is 44.7 Å². The third kappa shape index (κ3) is 7.72. The number of aliphatic carboxylic acids is 1. The molecule has 0 saturated carbocycles. The van der Waals surface area contributed by atoms with Crippen LogP contribution in [0.4, 0.5) is 0 Å². The first-order valence-electron chi connectivity index (χ1n) is 5.00. The minimum absolute atomic E-state index is 0.